The van der Waals surface area contributed by atoms with Crippen molar-refractivity contribution in [1.29, 1.82) is 0 Å². The number of phenolic OH excluding ortho intramolecular Hbond substituents is 2. The number of nitrogens with one attached hydrogen (secondary N) is 1. The van der Waals surface area contributed by atoms with E-state index < -0.39 is 11.9 Å². The lowest BCUT2D eigenvalue weighted by molar-refractivity contribution is -0.118. The minimum atomic E-state index is -1.09. The van der Waals surface area contributed by atoms with Crippen LogP contribution in [0.3, 0.4) is 0 Å². The lowest BCUT2D eigenvalue weighted by Gasteiger charge is -2.08. The van der Waals surface area contributed by atoms with Gasteiger partial charge in [-0.3, -0.25) is 4.79 Å². The highest BCUT2D eigenvalue weighted by Crippen LogP contribution is 2.28. The topological polar surface area (TPSA) is 116 Å². The van der Waals surface area contributed by atoms with E-state index in [0.717, 1.165) is 0 Å². The molecule has 2 aromatic carbocycles. The SMILES string of the molecule is O=C(COc1ccc(O)c(O)c1)Nc1cccc(C(=O)O)c1. The van der Waals surface area contributed by atoms with Crippen LogP contribution < -0.4 is 10.1 Å². The van der Waals surface area contributed by atoms with E-state index in [1.165, 1.54) is 36.4 Å². The second-order valence-corrected chi connectivity index (χ2v) is 4.37. The number of phenols is 2. The van der Waals surface area contributed by atoms with Crippen LogP contribution in [0.4, 0.5) is 5.69 Å². The Labute approximate surface area is 125 Å². The van der Waals surface area contributed by atoms with Crippen LogP contribution in [0.15, 0.2) is 42.5 Å². The molecule has 0 unspecified atom stereocenters. The number of ether oxygens (including phenoxy) is 1. The molecule has 0 saturated heterocycles. The maximum Gasteiger partial charge on any atom is 0.335 e. The summed E-state index contributed by atoms with van der Waals surface area (Å²) in [5, 5.41) is 29.8. The predicted molar refractivity (Wildman–Crippen MR) is 77.3 cm³/mol. The Kier molecular flexibility index (Phi) is 4.47. The van der Waals surface area contributed by atoms with Gasteiger partial charge in [0.05, 0.1) is 5.56 Å². The fourth-order valence-corrected chi connectivity index (χ4v) is 1.67. The van der Waals surface area contributed by atoms with E-state index in [0.29, 0.717) is 5.69 Å². The Morgan fingerprint density at radius 1 is 1.05 bits per heavy atom. The molecule has 2 aromatic rings. The number of carboxylic acids is 1. The van der Waals surface area contributed by atoms with Gasteiger partial charge in [-0.25, -0.2) is 4.79 Å². The summed E-state index contributed by atoms with van der Waals surface area (Å²) < 4.78 is 5.15. The standard InChI is InChI=1S/C15H13NO6/c17-12-5-4-11(7-13(12)18)22-8-14(19)16-10-3-1-2-9(6-10)15(20)21/h1-7,17-18H,8H2,(H,16,19)(H,20,21). The summed E-state index contributed by atoms with van der Waals surface area (Å²) in [5.41, 5.74) is 0.393. The van der Waals surface area contributed by atoms with E-state index >= 15 is 0 Å². The van der Waals surface area contributed by atoms with Crippen LogP contribution in [-0.4, -0.2) is 33.8 Å². The Balaban J connectivity index is 1.94. The summed E-state index contributed by atoms with van der Waals surface area (Å²) in [4.78, 5) is 22.6. The molecule has 0 spiro atoms. The third kappa shape index (κ3) is 3.89. The smallest absolute Gasteiger partial charge is 0.335 e. The normalized spacial score (nSPS) is 10.0. The number of benzene rings is 2. The maximum atomic E-state index is 11.7. The quantitative estimate of drug-likeness (QED) is 0.626. The first kappa shape index (κ1) is 15.2. The van der Waals surface area contributed by atoms with E-state index in [2.05, 4.69) is 5.32 Å². The number of aromatic carboxylic acids is 1. The molecule has 0 saturated carbocycles. The summed E-state index contributed by atoms with van der Waals surface area (Å²) >= 11 is 0. The van der Waals surface area contributed by atoms with E-state index in [1.807, 2.05) is 0 Å². The summed E-state index contributed by atoms with van der Waals surface area (Å²) in [5.74, 6) is -2.01. The second kappa shape index (κ2) is 6.49. The third-order valence-electron chi connectivity index (χ3n) is 2.71. The highest BCUT2D eigenvalue weighted by molar-refractivity contribution is 5.94. The molecule has 0 aliphatic heterocycles. The summed E-state index contributed by atoms with van der Waals surface area (Å²) in [6, 6.07) is 9.61. The molecule has 0 aromatic heterocycles. The highest BCUT2D eigenvalue weighted by atomic mass is 16.5. The molecule has 114 valence electrons. The molecule has 1 amide bonds. The van der Waals surface area contributed by atoms with Crippen molar-refractivity contribution >= 4 is 17.6 Å². The van der Waals surface area contributed by atoms with Crippen molar-refractivity contribution in [2.45, 2.75) is 0 Å². The highest BCUT2D eigenvalue weighted by Gasteiger charge is 2.08. The van der Waals surface area contributed by atoms with E-state index in [1.54, 1.807) is 6.07 Å². The van der Waals surface area contributed by atoms with Crippen LogP contribution in [0, 0.1) is 0 Å². The first-order chi connectivity index (χ1) is 10.5. The Morgan fingerprint density at radius 2 is 1.82 bits per heavy atom. The number of anilines is 1. The number of aromatic hydroxyl groups is 2. The fraction of sp³-hybridized carbons (Fsp3) is 0.0667. The molecule has 0 heterocycles. The molecule has 7 heteroatoms. The van der Waals surface area contributed by atoms with Gasteiger partial charge in [0.15, 0.2) is 18.1 Å². The molecule has 0 radical (unpaired) electrons. The molecule has 2 rings (SSSR count). The van der Waals surface area contributed by atoms with E-state index in [9.17, 15) is 14.7 Å². The second-order valence-electron chi connectivity index (χ2n) is 4.37. The molecule has 0 atom stereocenters. The van der Waals surface area contributed by atoms with Crippen molar-refractivity contribution in [3.05, 3.63) is 48.0 Å². The molecular formula is C15H13NO6. The molecule has 0 bridgehead atoms. The molecule has 0 fully saturated rings. The first-order valence-corrected chi connectivity index (χ1v) is 6.23. The fourth-order valence-electron chi connectivity index (χ4n) is 1.67. The minimum Gasteiger partial charge on any atom is -0.504 e. The van der Waals surface area contributed by atoms with Crippen molar-refractivity contribution in [3.8, 4) is 17.2 Å². The minimum absolute atomic E-state index is 0.0576. The van der Waals surface area contributed by atoms with Gasteiger partial charge in [-0.1, -0.05) is 6.07 Å². The molecule has 0 aliphatic rings. The van der Waals surface area contributed by atoms with Crippen molar-refractivity contribution in [1.82, 2.24) is 0 Å². The van der Waals surface area contributed by atoms with Crippen molar-refractivity contribution in [3.63, 3.8) is 0 Å². The molecule has 22 heavy (non-hydrogen) atoms. The van der Waals surface area contributed by atoms with Gasteiger partial charge < -0.3 is 25.4 Å². The van der Waals surface area contributed by atoms with Crippen LogP contribution in [0.2, 0.25) is 0 Å². The Morgan fingerprint density at radius 3 is 2.50 bits per heavy atom. The molecular weight excluding hydrogens is 290 g/mol. The van der Waals surface area contributed by atoms with Gasteiger partial charge >= 0.3 is 5.97 Å². The van der Waals surface area contributed by atoms with Crippen LogP contribution in [-0.2, 0) is 4.79 Å². The lowest BCUT2D eigenvalue weighted by Crippen LogP contribution is -2.20. The third-order valence-corrected chi connectivity index (χ3v) is 2.71. The number of carboxylic acid groups (broad SMARTS) is 1. The zero-order valence-electron chi connectivity index (χ0n) is 11.3. The predicted octanol–water partition coefficient (Wildman–Crippen LogP) is 1.81. The number of hydrogen-bond donors (Lipinski definition) is 4. The van der Waals surface area contributed by atoms with Gasteiger partial charge in [0, 0.05) is 11.8 Å². The first-order valence-electron chi connectivity index (χ1n) is 6.23. The summed E-state index contributed by atoms with van der Waals surface area (Å²) in [6.07, 6.45) is 0. The molecule has 7 nitrogen and oxygen atoms in total. The Hall–Kier alpha value is -3.22. The molecule has 4 N–H and O–H groups in total. The van der Waals surface area contributed by atoms with Gasteiger partial charge in [-0.05, 0) is 30.3 Å². The van der Waals surface area contributed by atoms with Crippen molar-refractivity contribution in [2.75, 3.05) is 11.9 Å². The number of carbonyl (C=O) groups excluding carboxylic acids is 1. The maximum absolute atomic E-state index is 11.7. The van der Waals surface area contributed by atoms with E-state index in [4.69, 9.17) is 14.9 Å². The average Bonchev–Trinajstić information content (AvgIpc) is 2.49. The molecule has 0 aliphatic carbocycles. The van der Waals surface area contributed by atoms with Gasteiger partial charge in [0.1, 0.15) is 5.75 Å². The van der Waals surface area contributed by atoms with Gasteiger partial charge in [-0.2, -0.15) is 0 Å². The average molecular weight is 303 g/mol. The van der Waals surface area contributed by atoms with Crippen LogP contribution in [0.1, 0.15) is 10.4 Å². The number of hydrogen-bond acceptors (Lipinski definition) is 5. The summed E-state index contributed by atoms with van der Waals surface area (Å²) in [6.45, 7) is -0.332. The number of amides is 1. The number of carbonyl (C=O) groups is 2. The monoisotopic (exact) mass is 303 g/mol. The van der Waals surface area contributed by atoms with Crippen molar-refractivity contribution < 1.29 is 29.6 Å². The van der Waals surface area contributed by atoms with Gasteiger partial charge in [-0.15, -0.1) is 0 Å². The van der Waals surface area contributed by atoms with Crippen molar-refractivity contribution in [2.24, 2.45) is 0 Å². The zero-order chi connectivity index (χ0) is 16.1. The van der Waals surface area contributed by atoms with Gasteiger partial charge in [0.2, 0.25) is 0 Å². The van der Waals surface area contributed by atoms with Crippen LogP contribution in [0.5, 0.6) is 17.2 Å². The Bertz CT molecular complexity index is 713. The largest absolute Gasteiger partial charge is 0.504 e. The van der Waals surface area contributed by atoms with Gasteiger partial charge in [0.25, 0.3) is 5.91 Å². The van der Waals surface area contributed by atoms with Crippen LogP contribution in [0.25, 0.3) is 0 Å². The number of rotatable bonds is 5. The van der Waals surface area contributed by atoms with E-state index in [-0.39, 0.29) is 29.4 Å². The summed E-state index contributed by atoms with van der Waals surface area (Å²) in [7, 11) is 0. The lowest BCUT2D eigenvalue weighted by atomic mass is 10.2. The zero-order valence-corrected chi connectivity index (χ0v) is 11.3. The van der Waals surface area contributed by atoms with Crippen LogP contribution >= 0.6 is 0 Å².